The quantitative estimate of drug-likeness (QED) is 0.390. The number of carbonyl (C=O) groups excluding carboxylic acids is 1. The maximum Gasteiger partial charge on any atom is 0.307 e. The number of nitriles is 1. The van der Waals surface area contributed by atoms with Crippen LogP contribution in [0.3, 0.4) is 0 Å². The highest BCUT2D eigenvalue weighted by atomic mass is 35.5. The Hall–Kier alpha value is -2.91. The molecule has 34 heavy (non-hydrogen) atoms. The highest BCUT2D eigenvalue weighted by Gasteiger charge is 2.29. The first kappa shape index (κ1) is 27.3. The van der Waals surface area contributed by atoms with E-state index < -0.39 is 0 Å². The van der Waals surface area contributed by atoms with Crippen molar-refractivity contribution in [3.8, 4) is 6.07 Å². The highest BCUT2D eigenvalue weighted by molar-refractivity contribution is 5.85. The second-order valence-electron chi connectivity index (χ2n) is 8.12. The molecule has 1 saturated heterocycles. The Morgan fingerprint density at radius 3 is 2.00 bits per heavy atom. The zero-order chi connectivity index (χ0) is 22.2. The van der Waals surface area contributed by atoms with Crippen molar-refractivity contribution in [3.63, 3.8) is 0 Å². The molecule has 2 aromatic carbocycles. The number of ether oxygens (including phenoxy) is 1. The largest absolute Gasteiger partial charge is 0.462 e. The second kappa shape index (κ2) is 13.7. The van der Waals surface area contributed by atoms with Gasteiger partial charge < -0.3 is 4.74 Å². The lowest BCUT2D eigenvalue weighted by molar-refractivity contribution is -0.151. The molecule has 0 radical (unpaired) electrons. The molecule has 2 heterocycles. The average Bonchev–Trinajstić information content (AvgIpc) is 2.86. The molecular formula is C27H29Cl2N3O2. The van der Waals surface area contributed by atoms with Gasteiger partial charge in [0.2, 0.25) is 0 Å². The van der Waals surface area contributed by atoms with Gasteiger partial charge in [-0.1, -0.05) is 66.7 Å². The molecule has 1 unspecified atom stereocenters. The van der Waals surface area contributed by atoms with Gasteiger partial charge in [-0.05, 0) is 30.0 Å². The van der Waals surface area contributed by atoms with Crippen LogP contribution in [-0.4, -0.2) is 35.0 Å². The Morgan fingerprint density at radius 2 is 1.50 bits per heavy atom. The van der Waals surface area contributed by atoms with E-state index in [4.69, 9.17) is 4.74 Å². The molecule has 1 aliphatic heterocycles. The molecule has 0 spiro atoms. The van der Waals surface area contributed by atoms with Crippen LogP contribution in [0.15, 0.2) is 85.2 Å². The molecule has 1 atom stereocenters. The number of esters is 1. The van der Waals surface area contributed by atoms with Crippen LogP contribution < -0.4 is 0 Å². The third kappa shape index (κ3) is 7.04. The number of pyridine rings is 1. The predicted molar refractivity (Wildman–Crippen MR) is 137 cm³/mol. The number of benzene rings is 2. The molecule has 4 rings (SSSR count). The van der Waals surface area contributed by atoms with Gasteiger partial charge in [-0.3, -0.25) is 14.7 Å². The topological polar surface area (TPSA) is 66.2 Å². The van der Waals surface area contributed by atoms with Gasteiger partial charge in [0.1, 0.15) is 12.1 Å². The molecule has 1 aliphatic rings. The van der Waals surface area contributed by atoms with Crippen LogP contribution in [0.1, 0.15) is 47.9 Å². The fourth-order valence-corrected chi connectivity index (χ4v) is 4.36. The van der Waals surface area contributed by atoms with E-state index in [1.165, 1.54) is 0 Å². The molecule has 0 aliphatic carbocycles. The Bertz CT molecular complexity index is 998. The van der Waals surface area contributed by atoms with Crippen molar-refractivity contribution in [1.82, 2.24) is 9.88 Å². The molecule has 0 saturated carbocycles. The normalized spacial score (nSPS) is 14.8. The second-order valence-corrected chi connectivity index (χ2v) is 8.12. The number of hydrogen-bond acceptors (Lipinski definition) is 5. The number of nitrogens with zero attached hydrogens (tertiary/aromatic N) is 3. The molecule has 3 aromatic rings. The van der Waals surface area contributed by atoms with E-state index in [-0.39, 0.29) is 48.8 Å². The summed E-state index contributed by atoms with van der Waals surface area (Å²) in [6.07, 6.45) is 5.11. The molecule has 0 bridgehead atoms. The lowest BCUT2D eigenvalue weighted by Crippen LogP contribution is -2.39. The molecule has 0 amide bonds. The van der Waals surface area contributed by atoms with Crippen LogP contribution in [0.5, 0.6) is 0 Å². The van der Waals surface area contributed by atoms with Crippen LogP contribution >= 0.6 is 24.8 Å². The van der Waals surface area contributed by atoms with E-state index in [0.29, 0.717) is 19.5 Å². The number of piperidine rings is 1. The van der Waals surface area contributed by atoms with Gasteiger partial charge in [-0.25, -0.2) is 0 Å². The van der Waals surface area contributed by atoms with Gasteiger partial charge in [0, 0.05) is 37.0 Å². The molecule has 1 aromatic heterocycles. The fraction of sp³-hybridized carbons (Fsp3) is 0.296. The maximum atomic E-state index is 12.9. The summed E-state index contributed by atoms with van der Waals surface area (Å²) in [5, 5.41) is 9.65. The van der Waals surface area contributed by atoms with Crippen LogP contribution in [0.25, 0.3) is 0 Å². The summed E-state index contributed by atoms with van der Waals surface area (Å²) in [6.45, 7) is 1.43. The number of rotatable bonds is 7. The maximum absolute atomic E-state index is 12.9. The van der Waals surface area contributed by atoms with E-state index in [1.54, 1.807) is 12.4 Å². The van der Waals surface area contributed by atoms with E-state index in [2.05, 4.69) is 40.2 Å². The first-order valence-corrected chi connectivity index (χ1v) is 11.1. The van der Waals surface area contributed by atoms with E-state index in [0.717, 1.165) is 29.5 Å². The van der Waals surface area contributed by atoms with Gasteiger partial charge in [0.05, 0.1) is 12.5 Å². The SMILES string of the molecule is Cl.Cl.N#CC(c1cccnc1)N1CCC(OC(=O)CC(c2ccccc2)c2ccccc2)CC1. The van der Waals surface area contributed by atoms with Crippen molar-refractivity contribution in [2.24, 2.45) is 0 Å². The van der Waals surface area contributed by atoms with Crippen LogP contribution in [-0.2, 0) is 9.53 Å². The Balaban J connectivity index is 0.00000204. The summed E-state index contributed by atoms with van der Waals surface area (Å²) in [4.78, 5) is 19.1. The fourth-order valence-electron chi connectivity index (χ4n) is 4.36. The minimum absolute atomic E-state index is 0. The zero-order valence-corrected chi connectivity index (χ0v) is 20.5. The van der Waals surface area contributed by atoms with Crippen molar-refractivity contribution in [3.05, 3.63) is 102 Å². The smallest absolute Gasteiger partial charge is 0.307 e. The lowest BCUT2D eigenvalue weighted by Gasteiger charge is -2.34. The molecule has 178 valence electrons. The van der Waals surface area contributed by atoms with Crippen LogP contribution in [0, 0.1) is 11.3 Å². The molecule has 0 N–H and O–H groups in total. The monoisotopic (exact) mass is 497 g/mol. The molecule has 7 heteroatoms. The van der Waals surface area contributed by atoms with Gasteiger partial charge in [0.25, 0.3) is 0 Å². The first-order chi connectivity index (χ1) is 15.7. The van der Waals surface area contributed by atoms with Crippen LogP contribution in [0.4, 0.5) is 0 Å². The Morgan fingerprint density at radius 1 is 0.941 bits per heavy atom. The van der Waals surface area contributed by atoms with Crippen molar-refractivity contribution in [2.45, 2.75) is 37.3 Å². The van der Waals surface area contributed by atoms with Crippen molar-refractivity contribution in [1.29, 1.82) is 5.26 Å². The summed E-state index contributed by atoms with van der Waals surface area (Å²) in [6, 6.07) is 26.1. The highest BCUT2D eigenvalue weighted by Crippen LogP contribution is 2.30. The summed E-state index contributed by atoms with van der Waals surface area (Å²) >= 11 is 0. The van der Waals surface area contributed by atoms with E-state index in [9.17, 15) is 10.1 Å². The van der Waals surface area contributed by atoms with Gasteiger partial charge in [-0.15, -0.1) is 24.8 Å². The number of carbonyl (C=O) groups is 1. The zero-order valence-electron chi connectivity index (χ0n) is 18.8. The molecular weight excluding hydrogens is 469 g/mol. The van der Waals surface area contributed by atoms with Crippen molar-refractivity contribution >= 4 is 30.8 Å². The number of aromatic nitrogens is 1. The minimum atomic E-state index is -0.319. The molecule has 1 fully saturated rings. The number of hydrogen-bond donors (Lipinski definition) is 0. The number of halogens is 2. The number of likely N-dealkylation sites (tertiary alicyclic amines) is 1. The van der Waals surface area contributed by atoms with E-state index in [1.807, 2.05) is 48.5 Å². The predicted octanol–water partition coefficient (Wildman–Crippen LogP) is 5.72. The first-order valence-electron chi connectivity index (χ1n) is 11.1. The summed E-state index contributed by atoms with van der Waals surface area (Å²) in [7, 11) is 0. The van der Waals surface area contributed by atoms with Crippen LogP contribution in [0.2, 0.25) is 0 Å². The minimum Gasteiger partial charge on any atom is -0.462 e. The Kier molecular flexibility index (Phi) is 11.0. The lowest BCUT2D eigenvalue weighted by atomic mass is 9.88. The average molecular weight is 498 g/mol. The summed E-state index contributed by atoms with van der Waals surface area (Å²) < 4.78 is 5.87. The third-order valence-corrected chi connectivity index (χ3v) is 6.04. The van der Waals surface area contributed by atoms with E-state index >= 15 is 0 Å². The third-order valence-electron chi connectivity index (χ3n) is 6.04. The van der Waals surface area contributed by atoms with Crippen molar-refractivity contribution < 1.29 is 9.53 Å². The standard InChI is InChI=1S/C27H27N3O2.2ClH/c28-19-26(23-12-7-15-29-20-23)30-16-13-24(14-17-30)32-27(31)18-25(21-8-3-1-4-9-21)22-10-5-2-6-11-22;;/h1-12,15,20,24-26H,13-14,16-18H2;2*1H. The van der Waals surface area contributed by atoms with Gasteiger partial charge in [0.15, 0.2) is 0 Å². The van der Waals surface area contributed by atoms with Gasteiger partial charge in [-0.2, -0.15) is 5.26 Å². The van der Waals surface area contributed by atoms with Crippen molar-refractivity contribution in [2.75, 3.05) is 13.1 Å². The summed E-state index contributed by atoms with van der Waals surface area (Å²) in [5.74, 6) is -0.205. The van der Waals surface area contributed by atoms with Gasteiger partial charge >= 0.3 is 5.97 Å². The Labute approximate surface area is 213 Å². The molecule has 5 nitrogen and oxygen atoms in total. The summed E-state index contributed by atoms with van der Waals surface area (Å²) in [5.41, 5.74) is 3.12.